The summed E-state index contributed by atoms with van der Waals surface area (Å²) in [6, 6.07) is 12.4. The maximum atomic E-state index is 14.4. The fourth-order valence-electron chi connectivity index (χ4n) is 5.46. The zero-order chi connectivity index (χ0) is 34.3. The lowest BCUT2D eigenvalue weighted by Crippen LogP contribution is -2.53. The van der Waals surface area contributed by atoms with Crippen LogP contribution in [0, 0.1) is 0 Å². The largest absolute Gasteiger partial charge is 0.495 e. The van der Waals surface area contributed by atoms with Gasteiger partial charge in [0.2, 0.25) is 11.8 Å². The van der Waals surface area contributed by atoms with Crippen molar-refractivity contribution in [3.8, 4) is 17.2 Å². The normalized spacial score (nSPS) is 14.2. The van der Waals surface area contributed by atoms with E-state index in [1.807, 2.05) is 0 Å². The van der Waals surface area contributed by atoms with Gasteiger partial charge in [0.15, 0.2) is 11.5 Å². The van der Waals surface area contributed by atoms with Crippen molar-refractivity contribution in [3.05, 3.63) is 75.2 Å². The Balaban J connectivity index is 1.78. The predicted molar refractivity (Wildman–Crippen MR) is 184 cm³/mol. The topological polar surface area (TPSA) is 114 Å². The molecule has 0 bridgehead atoms. The number of halogens is 3. The molecule has 0 radical (unpaired) electrons. The molecule has 14 heteroatoms. The molecular formula is C33H38Cl3N3O7S. The van der Waals surface area contributed by atoms with Gasteiger partial charge in [0, 0.05) is 33.7 Å². The number of amides is 2. The molecule has 0 aliphatic heterocycles. The van der Waals surface area contributed by atoms with E-state index in [0.717, 1.165) is 36.4 Å². The zero-order valence-corrected chi connectivity index (χ0v) is 29.7. The Morgan fingerprint density at radius 3 is 2.11 bits per heavy atom. The second kappa shape index (κ2) is 16.1. The van der Waals surface area contributed by atoms with Crippen molar-refractivity contribution in [3.63, 3.8) is 0 Å². The minimum absolute atomic E-state index is 0.00702. The highest BCUT2D eigenvalue weighted by Crippen LogP contribution is 2.37. The van der Waals surface area contributed by atoms with E-state index in [0.29, 0.717) is 21.4 Å². The summed E-state index contributed by atoms with van der Waals surface area (Å²) in [4.78, 5) is 29.1. The van der Waals surface area contributed by atoms with Gasteiger partial charge in [-0.1, -0.05) is 60.1 Å². The molecule has 1 N–H and O–H groups in total. The summed E-state index contributed by atoms with van der Waals surface area (Å²) in [5.41, 5.74) is 0.545. The van der Waals surface area contributed by atoms with Gasteiger partial charge in [0.1, 0.15) is 18.3 Å². The molecule has 254 valence electrons. The number of benzene rings is 3. The molecule has 4 rings (SSSR count). The maximum Gasteiger partial charge on any atom is 0.265 e. The molecule has 1 aliphatic carbocycles. The Labute approximate surface area is 290 Å². The van der Waals surface area contributed by atoms with Gasteiger partial charge >= 0.3 is 0 Å². The number of nitrogens with zero attached hydrogens (tertiary/aromatic N) is 2. The van der Waals surface area contributed by atoms with Crippen LogP contribution in [0.5, 0.6) is 17.2 Å². The third-order valence-electron chi connectivity index (χ3n) is 8.11. The third-order valence-corrected chi connectivity index (χ3v) is 10.7. The molecule has 3 aromatic carbocycles. The first-order valence-electron chi connectivity index (χ1n) is 15.0. The highest BCUT2D eigenvalue weighted by Gasteiger charge is 2.35. The molecule has 1 atom stereocenters. The van der Waals surface area contributed by atoms with Crippen LogP contribution < -0.4 is 23.8 Å². The summed E-state index contributed by atoms with van der Waals surface area (Å²) in [5.74, 6) is -0.386. The van der Waals surface area contributed by atoms with Crippen LogP contribution in [-0.2, 0) is 26.2 Å². The Hall–Kier alpha value is -3.38. The molecule has 0 aromatic heterocycles. The molecule has 1 aliphatic rings. The van der Waals surface area contributed by atoms with Gasteiger partial charge < -0.3 is 24.4 Å². The van der Waals surface area contributed by atoms with Gasteiger partial charge in [-0.05, 0) is 67.8 Å². The molecular weight excluding hydrogens is 689 g/mol. The van der Waals surface area contributed by atoms with Crippen molar-refractivity contribution in [2.75, 3.05) is 32.2 Å². The summed E-state index contributed by atoms with van der Waals surface area (Å²) in [5, 5.41) is 3.98. The number of sulfonamides is 1. The second-order valence-corrected chi connectivity index (χ2v) is 14.3. The number of ether oxygens (including phenoxy) is 3. The van der Waals surface area contributed by atoms with Crippen molar-refractivity contribution >= 4 is 62.3 Å². The fraction of sp³-hybridized carbons (Fsp3) is 0.394. The van der Waals surface area contributed by atoms with E-state index in [9.17, 15) is 18.0 Å². The van der Waals surface area contributed by atoms with Crippen LogP contribution in [-0.4, -0.2) is 65.1 Å². The number of rotatable bonds is 13. The number of carbonyl (C=O) groups is 2. The van der Waals surface area contributed by atoms with E-state index < -0.39 is 28.5 Å². The molecule has 10 nitrogen and oxygen atoms in total. The maximum absolute atomic E-state index is 14.4. The van der Waals surface area contributed by atoms with Crippen LogP contribution in [0.25, 0.3) is 0 Å². The van der Waals surface area contributed by atoms with Crippen LogP contribution in [0.15, 0.2) is 59.5 Å². The first kappa shape index (κ1) is 36.5. The summed E-state index contributed by atoms with van der Waals surface area (Å²) in [6.07, 6.45) is 4.82. The quantitative estimate of drug-likeness (QED) is 0.208. The minimum atomic E-state index is -4.48. The molecule has 1 unspecified atom stereocenters. The first-order valence-corrected chi connectivity index (χ1v) is 17.6. The summed E-state index contributed by atoms with van der Waals surface area (Å²) >= 11 is 19.0. The fourth-order valence-corrected chi connectivity index (χ4v) is 7.53. The molecule has 0 spiro atoms. The van der Waals surface area contributed by atoms with E-state index in [1.165, 1.54) is 56.6 Å². The molecule has 47 heavy (non-hydrogen) atoms. The lowest BCUT2D eigenvalue weighted by Gasteiger charge is -2.33. The van der Waals surface area contributed by atoms with Gasteiger partial charge in [-0.3, -0.25) is 13.9 Å². The third kappa shape index (κ3) is 8.76. The lowest BCUT2D eigenvalue weighted by molar-refractivity contribution is -0.139. The Bertz CT molecular complexity index is 1700. The first-order chi connectivity index (χ1) is 22.4. The van der Waals surface area contributed by atoms with Crippen molar-refractivity contribution in [2.24, 2.45) is 0 Å². The van der Waals surface area contributed by atoms with Crippen molar-refractivity contribution in [1.82, 2.24) is 10.2 Å². The van der Waals surface area contributed by atoms with Crippen LogP contribution in [0.1, 0.15) is 44.6 Å². The Morgan fingerprint density at radius 1 is 0.851 bits per heavy atom. The van der Waals surface area contributed by atoms with Crippen LogP contribution in [0.3, 0.4) is 0 Å². The number of hydrogen-bond donors (Lipinski definition) is 1. The monoisotopic (exact) mass is 725 g/mol. The van der Waals surface area contributed by atoms with E-state index >= 15 is 0 Å². The van der Waals surface area contributed by atoms with E-state index in [2.05, 4.69) is 5.32 Å². The molecule has 2 amide bonds. The lowest BCUT2D eigenvalue weighted by atomic mass is 9.95. The molecule has 1 fully saturated rings. The number of hydrogen-bond acceptors (Lipinski definition) is 7. The average molecular weight is 727 g/mol. The number of anilines is 1. The smallest absolute Gasteiger partial charge is 0.265 e. The van der Waals surface area contributed by atoms with Crippen molar-refractivity contribution in [2.45, 2.75) is 62.6 Å². The van der Waals surface area contributed by atoms with Gasteiger partial charge in [-0.25, -0.2) is 8.42 Å². The zero-order valence-electron chi connectivity index (χ0n) is 26.6. The molecule has 0 saturated heterocycles. The standard InChI is InChI=1S/C33H38Cl3N3O7S/c1-21(33(41)37-25-8-6-5-7-9-25)38(19-22-10-11-23(34)16-27(22)36)32(40)20-39(28-17-24(35)12-14-29(28)44-2)47(42,43)26-13-15-30(45-3)31(18-26)46-4/h10-18,21,25H,5-9,19-20H2,1-4H3,(H,37,41). The highest BCUT2D eigenvalue weighted by molar-refractivity contribution is 7.92. The van der Waals surface area contributed by atoms with Gasteiger partial charge in [-0.15, -0.1) is 0 Å². The van der Waals surface area contributed by atoms with Crippen LogP contribution >= 0.6 is 34.8 Å². The Morgan fingerprint density at radius 2 is 1.47 bits per heavy atom. The summed E-state index contributed by atoms with van der Waals surface area (Å²) in [6.45, 7) is 0.803. The molecule has 0 heterocycles. The second-order valence-electron chi connectivity index (χ2n) is 11.1. The van der Waals surface area contributed by atoms with Crippen LogP contribution in [0.4, 0.5) is 5.69 Å². The summed E-state index contributed by atoms with van der Waals surface area (Å²) < 4.78 is 45.8. The SMILES string of the molecule is COc1ccc(S(=O)(=O)N(CC(=O)N(Cc2ccc(Cl)cc2Cl)C(C)C(=O)NC2CCCCC2)c2cc(Cl)ccc2OC)cc1OC. The Kier molecular flexibility index (Phi) is 12.5. The van der Waals surface area contributed by atoms with Gasteiger partial charge in [0.05, 0.1) is 31.9 Å². The molecule has 3 aromatic rings. The van der Waals surface area contributed by atoms with Crippen molar-refractivity contribution < 1.29 is 32.2 Å². The van der Waals surface area contributed by atoms with E-state index in [1.54, 1.807) is 31.2 Å². The van der Waals surface area contributed by atoms with E-state index in [-0.39, 0.29) is 45.6 Å². The summed E-state index contributed by atoms with van der Waals surface area (Å²) in [7, 11) is -0.285. The van der Waals surface area contributed by atoms with Gasteiger partial charge in [-0.2, -0.15) is 0 Å². The number of methoxy groups -OCH3 is 3. The molecule has 1 saturated carbocycles. The average Bonchev–Trinajstić information content (AvgIpc) is 3.06. The highest BCUT2D eigenvalue weighted by atomic mass is 35.5. The predicted octanol–water partition coefficient (Wildman–Crippen LogP) is 6.73. The van der Waals surface area contributed by atoms with E-state index in [4.69, 9.17) is 49.0 Å². The van der Waals surface area contributed by atoms with Crippen molar-refractivity contribution in [1.29, 1.82) is 0 Å². The number of nitrogens with one attached hydrogen (secondary N) is 1. The minimum Gasteiger partial charge on any atom is -0.495 e. The van der Waals surface area contributed by atoms with Crippen LogP contribution in [0.2, 0.25) is 15.1 Å². The number of carbonyl (C=O) groups excluding carboxylic acids is 2. The van der Waals surface area contributed by atoms with Gasteiger partial charge in [0.25, 0.3) is 10.0 Å².